The van der Waals surface area contributed by atoms with Crippen LogP contribution in [0.25, 0.3) is 0 Å². The van der Waals surface area contributed by atoms with Gasteiger partial charge in [-0.3, -0.25) is 4.79 Å². The number of amides is 1. The molecular formula is C19H27ClF2N4O2. The summed E-state index contributed by atoms with van der Waals surface area (Å²) in [5.74, 6) is 0.707. The van der Waals surface area contributed by atoms with E-state index in [9.17, 15) is 13.6 Å². The molecule has 1 aromatic rings. The number of hydrogen-bond acceptors (Lipinski definition) is 3. The number of guanidine groups is 1. The SMILES string of the molecule is CCNC(=NCc1cc(Cl)ccc1OC(F)F)NC1CCN(C(=O)C(C)C)C1. The number of carbonyl (C=O) groups is 1. The Morgan fingerprint density at radius 3 is 2.82 bits per heavy atom. The van der Waals surface area contributed by atoms with Crippen molar-refractivity contribution in [3.63, 3.8) is 0 Å². The van der Waals surface area contributed by atoms with Crippen molar-refractivity contribution in [3.8, 4) is 5.75 Å². The summed E-state index contributed by atoms with van der Waals surface area (Å²) in [6, 6.07) is 4.54. The quantitative estimate of drug-likeness (QED) is 0.529. The van der Waals surface area contributed by atoms with E-state index in [0.717, 1.165) is 6.42 Å². The van der Waals surface area contributed by atoms with Crippen molar-refractivity contribution in [2.75, 3.05) is 19.6 Å². The van der Waals surface area contributed by atoms with E-state index < -0.39 is 6.61 Å². The molecule has 0 aliphatic carbocycles. The number of likely N-dealkylation sites (tertiary alicyclic amines) is 1. The highest BCUT2D eigenvalue weighted by Crippen LogP contribution is 2.25. The molecule has 1 fully saturated rings. The summed E-state index contributed by atoms with van der Waals surface area (Å²) in [7, 11) is 0. The van der Waals surface area contributed by atoms with E-state index in [-0.39, 0.29) is 30.2 Å². The normalized spacial score (nSPS) is 17.4. The molecule has 0 radical (unpaired) electrons. The van der Waals surface area contributed by atoms with Crippen LogP contribution in [0.5, 0.6) is 5.75 Å². The molecule has 9 heteroatoms. The molecule has 0 saturated carbocycles. The molecule has 0 bridgehead atoms. The fourth-order valence-electron chi connectivity index (χ4n) is 3.00. The number of rotatable bonds is 7. The highest BCUT2D eigenvalue weighted by molar-refractivity contribution is 6.30. The minimum absolute atomic E-state index is 0.0308. The van der Waals surface area contributed by atoms with E-state index in [2.05, 4.69) is 20.4 Å². The molecule has 2 rings (SSSR count). The van der Waals surface area contributed by atoms with Crippen LogP contribution in [0.2, 0.25) is 5.02 Å². The Kier molecular flexibility index (Phi) is 8.29. The zero-order valence-electron chi connectivity index (χ0n) is 16.3. The molecule has 1 aliphatic rings. The zero-order chi connectivity index (χ0) is 20.7. The molecule has 1 aromatic carbocycles. The average molecular weight is 417 g/mol. The first-order chi connectivity index (χ1) is 13.3. The van der Waals surface area contributed by atoms with Gasteiger partial charge < -0.3 is 20.3 Å². The third-order valence-corrected chi connectivity index (χ3v) is 4.56. The Labute approximate surface area is 169 Å². The number of halogens is 3. The lowest BCUT2D eigenvalue weighted by Crippen LogP contribution is -2.45. The van der Waals surface area contributed by atoms with E-state index in [4.69, 9.17) is 11.6 Å². The molecule has 156 valence electrons. The molecule has 28 heavy (non-hydrogen) atoms. The van der Waals surface area contributed by atoms with Crippen LogP contribution in [-0.4, -0.2) is 49.1 Å². The molecule has 1 amide bonds. The number of benzene rings is 1. The number of nitrogens with one attached hydrogen (secondary N) is 2. The van der Waals surface area contributed by atoms with Crippen LogP contribution in [0.1, 0.15) is 32.8 Å². The highest BCUT2D eigenvalue weighted by atomic mass is 35.5. The van der Waals surface area contributed by atoms with Crippen molar-refractivity contribution >= 4 is 23.5 Å². The first-order valence-electron chi connectivity index (χ1n) is 9.37. The van der Waals surface area contributed by atoms with Gasteiger partial charge in [-0.15, -0.1) is 0 Å². The molecule has 1 saturated heterocycles. The van der Waals surface area contributed by atoms with Crippen LogP contribution >= 0.6 is 11.6 Å². The predicted octanol–water partition coefficient (Wildman–Crippen LogP) is 3.25. The molecule has 1 unspecified atom stereocenters. The van der Waals surface area contributed by atoms with Gasteiger partial charge in [-0.25, -0.2) is 4.99 Å². The van der Waals surface area contributed by atoms with Crippen LogP contribution in [0, 0.1) is 5.92 Å². The summed E-state index contributed by atoms with van der Waals surface area (Å²) in [5, 5.41) is 6.86. The Hall–Kier alpha value is -2.09. The zero-order valence-corrected chi connectivity index (χ0v) is 17.1. The minimum atomic E-state index is -2.92. The van der Waals surface area contributed by atoms with Crippen molar-refractivity contribution in [1.29, 1.82) is 0 Å². The molecule has 0 aromatic heterocycles. The van der Waals surface area contributed by atoms with E-state index >= 15 is 0 Å². The fraction of sp³-hybridized carbons (Fsp3) is 0.579. The van der Waals surface area contributed by atoms with E-state index in [1.165, 1.54) is 12.1 Å². The number of hydrogen-bond donors (Lipinski definition) is 2. The van der Waals surface area contributed by atoms with Gasteiger partial charge in [0.1, 0.15) is 5.75 Å². The van der Waals surface area contributed by atoms with Gasteiger partial charge >= 0.3 is 6.61 Å². The molecule has 1 heterocycles. The van der Waals surface area contributed by atoms with Crippen LogP contribution in [0.3, 0.4) is 0 Å². The second kappa shape index (κ2) is 10.5. The lowest BCUT2D eigenvalue weighted by molar-refractivity contribution is -0.133. The maximum Gasteiger partial charge on any atom is 0.387 e. The summed E-state index contributed by atoms with van der Waals surface area (Å²) in [6.45, 7) is 4.87. The summed E-state index contributed by atoms with van der Waals surface area (Å²) in [6.07, 6.45) is 0.819. The van der Waals surface area contributed by atoms with Gasteiger partial charge in [-0.1, -0.05) is 25.4 Å². The summed E-state index contributed by atoms with van der Waals surface area (Å²) >= 11 is 5.98. The molecule has 6 nitrogen and oxygen atoms in total. The molecular weight excluding hydrogens is 390 g/mol. The van der Waals surface area contributed by atoms with Gasteiger partial charge in [0.2, 0.25) is 5.91 Å². The maximum absolute atomic E-state index is 12.6. The van der Waals surface area contributed by atoms with Crippen molar-refractivity contribution < 1.29 is 18.3 Å². The van der Waals surface area contributed by atoms with Crippen LogP contribution in [0.15, 0.2) is 23.2 Å². The van der Waals surface area contributed by atoms with Crippen molar-refractivity contribution in [2.24, 2.45) is 10.9 Å². The number of ether oxygens (including phenoxy) is 1. The van der Waals surface area contributed by atoms with Crippen molar-refractivity contribution in [2.45, 2.75) is 46.4 Å². The van der Waals surface area contributed by atoms with E-state index in [1.807, 2.05) is 25.7 Å². The lowest BCUT2D eigenvalue weighted by Gasteiger charge is -2.20. The summed E-state index contributed by atoms with van der Waals surface area (Å²) < 4.78 is 29.7. The molecule has 0 spiro atoms. The topological polar surface area (TPSA) is 66.0 Å². The van der Waals surface area contributed by atoms with Crippen molar-refractivity contribution in [1.82, 2.24) is 15.5 Å². The standard InChI is InChI=1S/C19H27ClF2N4O2/c1-4-23-19(25-15-7-8-26(11-15)17(27)12(2)3)24-10-13-9-14(20)5-6-16(13)28-18(21)22/h5-6,9,12,15,18H,4,7-8,10-11H2,1-3H3,(H2,23,24,25). The Bertz CT molecular complexity index is 701. The van der Waals surface area contributed by atoms with Crippen LogP contribution in [-0.2, 0) is 11.3 Å². The van der Waals surface area contributed by atoms with Crippen LogP contribution in [0.4, 0.5) is 8.78 Å². The first kappa shape index (κ1) is 22.2. The third kappa shape index (κ3) is 6.51. The number of carbonyl (C=O) groups excluding carboxylic acids is 1. The number of alkyl halides is 2. The third-order valence-electron chi connectivity index (χ3n) is 4.32. The monoisotopic (exact) mass is 416 g/mol. The molecule has 1 atom stereocenters. The fourth-order valence-corrected chi connectivity index (χ4v) is 3.20. The Balaban J connectivity index is 2.05. The number of aliphatic imine (C=N–C) groups is 1. The second-order valence-corrected chi connectivity index (χ2v) is 7.33. The van der Waals surface area contributed by atoms with Crippen LogP contribution < -0.4 is 15.4 Å². The van der Waals surface area contributed by atoms with Gasteiger partial charge in [0.25, 0.3) is 0 Å². The van der Waals surface area contributed by atoms with Gasteiger partial charge in [0.15, 0.2) is 5.96 Å². The van der Waals surface area contributed by atoms with E-state index in [0.29, 0.717) is 36.2 Å². The molecule has 2 N–H and O–H groups in total. The maximum atomic E-state index is 12.6. The summed E-state index contributed by atoms with van der Waals surface area (Å²) in [4.78, 5) is 18.4. The van der Waals surface area contributed by atoms with Crippen molar-refractivity contribution in [3.05, 3.63) is 28.8 Å². The van der Waals surface area contributed by atoms with E-state index in [1.54, 1.807) is 6.07 Å². The first-order valence-corrected chi connectivity index (χ1v) is 9.74. The largest absolute Gasteiger partial charge is 0.434 e. The van der Waals surface area contributed by atoms with Gasteiger partial charge in [-0.2, -0.15) is 8.78 Å². The van der Waals surface area contributed by atoms with Gasteiger partial charge in [-0.05, 0) is 31.5 Å². The molecule has 1 aliphatic heterocycles. The second-order valence-electron chi connectivity index (χ2n) is 6.89. The Morgan fingerprint density at radius 2 is 2.18 bits per heavy atom. The predicted molar refractivity (Wildman–Crippen MR) is 106 cm³/mol. The smallest absolute Gasteiger partial charge is 0.387 e. The minimum Gasteiger partial charge on any atom is -0.434 e. The summed E-state index contributed by atoms with van der Waals surface area (Å²) in [5.41, 5.74) is 0.466. The van der Waals surface area contributed by atoms with Gasteiger partial charge in [0.05, 0.1) is 6.54 Å². The Morgan fingerprint density at radius 1 is 1.43 bits per heavy atom. The van der Waals surface area contributed by atoms with Gasteiger partial charge in [0, 0.05) is 42.2 Å². The highest BCUT2D eigenvalue weighted by Gasteiger charge is 2.28. The average Bonchev–Trinajstić information content (AvgIpc) is 3.09. The number of nitrogens with zero attached hydrogens (tertiary/aromatic N) is 2. The lowest BCUT2D eigenvalue weighted by atomic mass is 10.2.